The minimum absolute atomic E-state index is 0.0886. The first-order valence-corrected chi connectivity index (χ1v) is 8.62. The maximum atomic E-state index is 13.0. The lowest BCUT2D eigenvalue weighted by Gasteiger charge is -2.06. The molecule has 2 aromatic heterocycles. The smallest absolute Gasteiger partial charge is 0.325 e. The monoisotopic (exact) mass is 358 g/mol. The van der Waals surface area contributed by atoms with Crippen molar-refractivity contribution < 1.29 is 4.79 Å². The van der Waals surface area contributed by atoms with E-state index < -0.39 is 0 Å². The van der Waals surface area contributed by atoms with Crippen LogP contribution in [-0.2, 0) is 11.3 Å². The van der Waals surface area contributed by atoms with E-state index in [1.165, 1.54) is 9.13 Å². The van der Waals surface area contributed by atoms with Crippen molar-refractivity contribution in [2.75, 3.05) is 5.32 Å². The Labute approximate surface area is 155 Å². The van der Waals surface area contributed by atoms with Crippen molar-refractivity contribution in [1.29, 1.82) is 0 Å². The molecule has 0 spiro atoms. The SMILES string of the molecule is Cc1ccc(NC(=O)Cn2c(=O)n(-c3ccccc3)c3ncccc32)cc1. The molecular weight excluding hydrogens is 340 g/mol. The van der Waals surface area contributed by atoms with E-state index in [9.17, 15) is 9.59 Å². The van der Waals surface area contributed by atoms with Gasteiger partial charge in [-0.3, -0.25) is 9.36 Å². The zero-order valence-corrected chi connectivity index (χ0v) is 14.8. The maximum absolute atomic E-state index is 13.0. The minimum Gasteiger partial charge on any atom is -0.325 e. The van der Waals surface area contributed by atoms with Crippen LogP contribution in [0.1, 0.15) is 5.56 Å². The van der Waals surface area contributed by atoms with Gasteiger partial charge in [0.25, 0.3) is 0 Å². The molecular formula is C21H18N4O2. The zero-order valence-electron chi connectivity index (χ0n) is 14.8. The van der Waals surface area contributed by atoms with E-state index in [4.69, 9.17) is 0 Å². The number of hydrogen-bond acceptors (Lipinski definition) is 3. The molecule has 0 atom stereocenters. The largest absolute Gasteiger partial charge is 0.335 e. The lowest BCUT2D eigenvalue weighted by Crippen LogP contribution is -2.28. The molecule has 4 rings (SSSR count). The summed E-state index contributed by atoms with van der Waals surface area (Å²) in [5, 5.41) is 2.83. The molecule has 1 amide bonds. The molecule has 0 bridgehead atoms. The number of aromatic nitrogens is 3. The highest BCUT2D eigenvalue weighted by molar-refractivity contribution is 5.91. The average Bonchev–Trinajstić information content (AvgIpc) is 2.96. The molecule has 4 aromatic rings. The zero-order chi connectivity index (χ0) is 18.8. The third-order valence-corrected chi connectivity index (χ3v) is 4.34. The number of rotatable bonds is 4. The number of para-hydroxylation sites is 1. The third kappa shape index (κ3) is 3.25. The van der Waals surface area contributed by atoms with Crippen LogP contribution in [0.2, 0.25) is 0 Å². The molecule has 134 valence electrons. The lowest BCUT2D eigenvalue weighted by molar-refractivity contribution is -0.116. The van der Waals surface area contributed by atoms with Gasteiger partial charge in [0, 0.05) is 11.9 Å². The van der Waals surface area contributed by atoms with Gasteiger partial charge in [-0.2, -0.15) is 0 Å². The van der Waals surface area contributed by atoms with Gasteiger partial charge in [-0.15, -0.1) is 0 Å². The van der Waals surface area contributed by atoms with Crippen molar-refractivity contribution in [2.24, 2.45) is 0 Å². The summed E-state index contributed by atoms with van der Waals surface area (Å²) in [6.07, 6.45) is 1.64. The van der Waals surface area contributed by atoms with Crippen LogP contribution in [0.4, 0.5) is 5.69 Å². The number of benzene rings is 2. The Morgan fingerprint density at radius 1 is 1.00 bits per heavy atom. The third-order valence-electron chi connectivity index (χ3n) is 4.34. The molecule has 27 heavy (non-hydrogen) atoms. The van der Waals surface area contributed by atoms with Crippen LogP contribution in [0.3, 0.4) is 0 Å². The normalized spacial score (nSPS) is 10.9. The van der Waals surface area contributed by atoms with Gasteiger partial charge < -0.3 is 5.32 Å². The molecule has 0 unspecified atom stereocenters. The van der Waals surface area contributed by atoms with Gasteiger partial charge in [0.15, 0.2) is 5.65 Å². The predicted octanol–water partition coefficient (Wildman–Crippen LogP) is 3.13. The summed E-state index contributed by atoms with van der Waals surface area (Å²) in [7, 11) is 0. The number of nitrogens with one attached hydrogen (secondary N) is 1. The number of aryl methyl sites for hydroxylation is 1. The fourth-order valence-corrected chi connectivity index (χ4v) is 3.03. The van der Waals surface area contributed by atoms with Crippen molar-refractivity contribution in [2.45, 2.75) is 13.5 Å². The number of hydrogen-bond donors (Lipinski definition) is 1. The second-order valence-corrected chi connectivity index (χ2v) is 6.30. The van der Waals surface area contributed by atoms with Gasteiger partial charge in [-0.25, -0.2) is 14.3 Å². The van der Waals surface area contributed by atoms with Gasteiger partial charge in [-0.1, -0.05) is 35.9 Å². The summed E-state index contributed by atoms with van der Waals surface area (Å²) in [5.74, 6) is -0.267. The summed E-state index contributed by atoms with van der Waals surface area (Å²) >= 11 is 0. The molecule has 1 N–H and O–H groups in total. The fourth-order valence-electron chi connectivity index (χ4n) is 3.03. The summed E-state index contributed by atoms with van der Waals surface area (Å²) < 4.78 is 2.97. The van der Waals surface area contributed by atoms with Crippen molar-refractivity contribution in [3.05, 3.63) is 89.0 Å². The highest BCUT2D eigenvalue weighted by Crippen LogP contribution is 2.15. The second kappa shape index (κ2) is 6.92. The number of anilines is 1. The Kier molecular flexibility index (Phi) is 4.30. The summed E-state index contributed by atoms with van der Waals surface area (Å²) in [6.45, 7) is 1.89. The average molecular weight is 358 g/mol. The maximum Gasteiger partial charge on any atom is 0.335 e. The van der Waals surface area contributed by atoms with E-state index in [0.717, 1.165) is 5.56 Å². The molecule has 6 heteroatoms. The Balaban J connectivity index is 1.72. The van der Waals surface area contributed by atoms with Crippen LogP contribution in [0.25, 0.3) is 16.9 Å². The van der Waals surface area contributed by atoms with Crippen molar-refractivity contribution in [1.82, 2.24) is 14.1 Å². The van der Waals surface area contributed by atoms with Gasteiger partial charge in [0.1, 0.15) is 6.54 Å². The number of amides is 1. The van der Waals surface area contributed by atoms with Gasteiger partial charge in [0.05, 0.1) is 11.2 Å². The van der Waals surface area contributed by atoms with Crippen LogP contribution < -0.4 is 11.0 Å². The van der Waals surface area contributed by atoms with Gasteiger partial charge in [0.2, 0.25) is 5.91 Å². The fraction of sp³-hybridized carbons (Fsp3) is 0.0952. The Morgan fingerprint density at radius 3 is 2.48 bits per heavy atom. The van der Waals surface area contributed by atoms with Crippen LogP contribution in [0.5, 0.6) is 0 Å². The first kappa shape index (κ1) is 16.8. The standard InChI is InChI=1S/C21H18N4O2/c1-15-9-11-16(12-10-15)23-19(26)14-24-18-8-5-13-22-20(18)25(21(24)27)17-6-3-2-4-7-17/h2-13H,14H2,1H3,(H,23,26). The van der Waals surface area contributed by atoms with E-state index in [0.29, 0.717) is 22.5 Å². The summed E-state index contributed by atoms with van der Waals surface area (Å²) in [5.41, 5.74) is 3.37. The highest BCUT2D eigenvalue weighted by Gasteiger charge is 2.17. The number of fused-ring (bicyclic) bond motifs is 1. The summed E-state index contributed by atoms with van der Waals surface area (Å²) in [4.78, 5) is 29.9. The number of carbonyl (C=O) groups excluding carboxylic acids is 1. The Morgan fingerprint density at radius 2 is 1.74 bits per heavy atom. The molecule has 0 aliphatic heterocycles. The first-order chi connectivity index (χ1) is 13.1. The van der Waals surface area contributed by atoms with Crippen LogP contribution in [-0.4, -0.2) is 20.0 Å². The Bertz CT molecular complexity index is 1160. The van der Waals surface area contributed by atoms with E-state index in [-0.39, 0.29) is 18.1 Å². The molecule has 0 fully saturated rings. The number of pyridine rings is 1. The number of nitrogens with zero attached hydrogens (tertiary/aromatic N) is 3. The highest BCUT2D eigenvalue weighted by atomic mass is 16.2. The summed E-state index contributed by atoms with van der Waals surface area (Å²) in [6, 6.07) is 20.4. The van der Waals surface area contributed by atoms with E-state index in [1.54, 1.807) is 18.3 Å². The van der Waals surface area contributed by atoms with Crippen molar-refractivity contribution in [3.8, 4) is 5.69 Å². The molecule has 0 radical (unpaired) electrons. The van der Waals surface area contributed by atoms with Gasteiger partial charge >= 0.3 is 5.69 Å². The van der Waals surface area contributed by atoms with E-state index in [1.807, 2.05) is 61.5 Å². The van der Waals surface area contributed by atoms with E-state index >= 15 is 0 Å². The number of imidazole rings is 1. The molecule has 6 nitrogen and oxygen atoms in total. The molecule has 0 saturated carbocycles. The van der Waals surface area contributed by atoms with Gasteiger partial charge in [-0.05, 0) is 43.3 Å². The van der Waals surface area contributed by atoms with Crippen LogP contribution >= 0.6 is 0 Å². The second-order valence-electron chi connectivity index (χ2n) is 6.30. The van der Waals surface area contributed by atoms with Crippen LogP contribution in [0.15, 0.2) is 77.7 Å². The van der Waals surface area contributed by atoms with E-state index in [2.05, 4.69) is 10.3 Å². The Hall–Kier alpha value is -3.67. The minimum atomic E-state index is -0.297. The van der Waals surface area contributed by atoms with Crippen molar-refractivity contribution >= 4 is 22.8 Å². The van der Waals surface area contributed by atoms with Crippen molar-refractivity contribution in [3.63, 3.8) is 0 Å². The lowest BCUT2D eigenvalue weighted by atomic mass is 10.2. The quantitative estimate of drug-likeness (QED) is 0.609. The predicted molar refractivity (Wildman–Crippen MR) is 105 cm³/mol. The molecule has 0 aliphatic carbocycles. The number of carbonyl (C=O) groups is 1. The molecule has 0 saturated heterocycles. The first-order valence-electron chi connectivity index (χ1n) is 8.62. The van der Waals surface area contributed by atoms with Crippen LogP contribution in [0, 0.1) is 6.92 Å². The topological polar surface area (TPSA) is 68.9 Å². The molecule has 2 aromatic carbocycles. The molecule has 0 aliphatic rings. The molecule has 2 heterocycles.